The van der Waals surface area contributed by atoms with E-state index < -0.39 is 0 Å². The van der Waals surface area contributed by atoms with Crippen molar-refractivity contribution in [3.05, 3.63) is 24.3 Å². The first kappa shape index (κ1) is 18.0. The smallest absolute Gasteiger partial charge is 0.224 e. The van der Waals surface area contributed by atoms with Crippen LogP contribution in [-0.4, -0.2) is 68.9 Å². The molecule has 0 radical (unpaired) electrons. The van der Waals surface area contributed by atoms with Crippen molar-refractivity contribution in [3.63, 3.8) is 0 Å². The molecule has 0 aromatic heterocycles. The van der Waals surface area contributed by atoms with Crippen LogP contribution in [0.15, 0.2) is 24.3 Å². The molecule has 0 bridgehead atoms. The van der Waals surface area contributed by atoms with E-state index in [4.69, 9.17) is 9.47 Å². The lowest BCUT2D eigenvalue weighted by Gasteiger charge is -2.49. The van der Waals surface area contributed by atoms with E-state index in [9.17, 15) is 4.79 Å². The zero-order chi connectivity index (χ0) is 17.9. The van der Waals surface area contributed by atoms with E-state index in [1.165, 1.54) is 0 Å². The maximum Gasteiger partial charge on any atom is 0.224 e. The van der Waals surface area contributed by atoms with Gasteiger partial charge < -0.3 is 24.6 Å². The van der Waals surface area contributed by atoms with Crippen molar-refractivity contribution in [3.8, 4) is 5.75 Å². The second kappa shape index (κ2) is 7.62. The van der Waals surface area contributed by atoms with Gasteiger partial charge in [0.25, 0.3) is 0 Å². The van der Waals surface area contributed by atoms with Crippen LogP contribution >= 0.6 is 0 Å². The molecule has 6 heteroatoms. The second-order valence-electron chi connectivity index (χ2n) is 7.38. The van der Waals surface area contributed by atoms with Crippen LogP contribution in [0.2, 0.25) is 0 Å². The van der Waals surface area contributed by atoms with Crippen molar-refractivity contribution in [2.75, 3.05) is 51.4 Å². The van der Waals surface area contributed by atoms with E-state index in [1.54, 1.807) is 7.11 Å². The third-order valence-corrected chi connectivity index (χ3v) is 5.05. The Bertz CT molecular complexity index is 599. The summed E-state index contributed by atoms with van der Waals surface area (Å²) in [6.45, 7) is 8.78. The topological polar surface area (TPSA) is 54.0 Å². The van der Waals surface area contributed by atoms with Gasteiger partial charge in [0.15, 0.2) is 0 Å². The molecule has 3 rings (SSSR count). The van der Waals surface area contributed by atoms with Gasteiger partial charge in [0.05, 0.1) is 31.5 Å². The van der Waals surface area contributed by atoms with E-state index in [0.29, 0.717) is 19.6 Å². The number of hydrogen-bond acceptors (Lipinski definition) is 5. The molecule has 0 unspecified atom stereocenters. The number of piperazine rings is 1. The molecule has 2 saturated heterocycles. The normalized spacial score (nSPS) is 23.4. The van der Waals surface area contributed by atoms with Crippen molar-refractivity contribution < 1.29 is 14.3 Å². The number of nitrogens with zero attached hydrogens (tertiary/aromatic N) is 2. The van der Waals surface area contributed by atoms with Crippen LogP contribution in [0.4, 0.5) is 5.69 Å². The third-order valence-electron chi connectivity index (χ3n) is 5.05. The molecule has 138 valence electrons. The average molecular weight is 347 g/mol. The highest BCUT2D eigenvalue weighted by Gasteiger charge is 2.37. The Kier molecular flexibility index (Phi) is 5.49. The van der Waals surface area contributed by atoms with E-state index in [2.05, 4.69) is 30.1 Å². The summed E-state index contributed by atoms with van der Waals surface area (Å²) in [5.41, 5.74) is 0.934. The summed E-state index contributed by atoms with van der Waals surface area (Å²) in [5, 5.41) is 3.36. The van der Waals surface area contributed by atoms with Crippen LogP contribution in [0, 0.1) is 0 Å². The first-order chi connectivity index (χ1) is 12.0. The molecular formula is C19H29N3O3. The number of methoxy groups -OCH3 is 1. The SMILES string of the molecule is COc1ccccc1N1CCN(C(=O)C[C@H]2COCCN2)CC1(C)C. The molecule has 0 spiro atoms. The fraction of sp³-hybridized carbons (Fsp3) is 0.632. The number of nitrogens with one attached hydrogen (secondary N) is 1. The van der Waals surface area contributed by atoms with Gasteiger partial charge in [0.2, 0.25) is 5.91 Å². The Morgan fingerprint density at radius 2 is 2.16 bits per heavy atom. The Labute approximate surface area is 150 Å². The third kappa shape index (κ3) is 4.07. The van der Waals surface area contributed by atoms with Crippen LogP contribution in [0.1, 0.15) is 20.3 Å². The highest BCUT2D eigenvalue weighted by molar-refractivity contribution is 5.77. The summed E-state index contributed by atoms with van der Waals surface area (Å²) in [6, 6.07) is 8.21. The van der Waals surface area contributed by atoms with Gasteiger partial charge in [0.1, 0.15) is 5.75 Å². The van der Waals surface area contributed by atoms with Crippen molar-refractivity contribution in [1.29, 1.82) is 0 Å². The number of carbonyl (C=O) groups excluding carboxylic acids is 1. The van der Waals surface area contributed by atoms with Crippen LogP contribution in [0.25, 0.3) is 0 Å². The lowest BCUT2D eigenvalue weighted by Crippen LogP contribution is -2.61. The molecule has 1 aromatic rings. The number of amides is 1. The van der Waals surface area contributed by atoms with Gasteiger partial charge >= 0.3 is 0 Å². The number of hydrogen-bond donors (Lipinski definition) is 1. The lowest BCUT2D eigenvalue weighted by molar-refractivity contribution is -0.134. The molecule has 1 atom stereocenters. The van der Waals surface area contributed by atoms with E-state index in [-0.39, 0.29) is 17.5 Å². The molecule has 2 heterocycles. The van der Waals surface area contributed by atoms with Gasteiger partial charge in [0, 0.05) is 38.6 Å². The standard InChI is InChI=1S/C19H29N3O3/c1-19(2)14-21(18(23)12-15-13-25-11-8-20-15)9-10-22(19)16-6-4-5-7-17(16)24-3/h4-7,15,20H,8-14H2,1-3H3/t15-/m0/s1. The summed E-state index contributed by atoms with van der Waals surface area (Å²) < 4.78 is 11.0. The quantitative estimate of drug-likeness (QED) is 0.895. The van der Waals surface area contributed by atoms with Crippen molar-refractivity contribution in [1.82, 2.24) is 10.2 Å². The summed E-state index contributed by atoms with van der Waals surface area (Å²) in [5.74, 6) is 1.08. The molecule has 1 N–H and O–H groups in total. The largest absolute Gasteiger partial charge is 0.495 e. The molecule has 0 saturated carbocycles. The molecule has 2 aliphatic heterocycles. The molecule has 1 amide bonds. The Hall–Kier alpha value is -1.79. The molecule has 2 aliphatic rings. The summed E-state index contributed by atoms with van der Waals surface area (Å²) in [6.07, 6.45) is 0.505. The van der Waals surface area contributed by atoms with Gasteiger partial charge in [-0.25, -0.2) is 0 Å². The maximum atomic E-state index is 12.7. The number of benzene rings is 1. The Morgan fingerprint density at radius 1 is 1.36 bits per heavy atom. The Morgan fingerprint density at radius 3 is 2.84 bits per heavy atom. The minimum atomic E-state index is -0.154. The minimum absolute atomic E-state index is 0.136. The molecule has 25 heavy (non-hydrogen) atoms. The molecule has 0 aliphatic carbocycles. The first-order valence-corrected chi connectivity index (χ1v) is 9.01. The number of carbonyl (C=O) groups is 1. The lowest BCUT2D eigenvalue weighted by atomic mass is 9.96. The van der Waals surface area contributed by atoms with Gasteiger partial charge in [-0.1, -0.05) is 12.1 Å². The van der Waals surface area contributed by atoms with Gasteiger partial charge in [-0.3, -0.25) is 4.79 Å². The van der Waals surface area contributed by atoms with Gasteiger partial charge in [-0.05, 0) is 26.0 Å². The van der Waals surface area contributed by atoms with Crippen LogP contribution in [0.5, 0.6) is 5.75 Å². The van der Waals surface area contributed by atoms with Crippen molar-refractivity contribution in [2.24, 2.45) is 0 Å². The van der Waals surface area contributed by atoms with Crippen molar-refractivity contribution >= 4 is 11.6 Å². The van der Waals surface area contributed by atoms with Gasteiger partial charge in [-0.15, -0.1) is 0 Å². The molecule has 6 nitrogen and oxygen atoms in total. The van der Waals surface area contributed by atoms with E-state index in [0.717, 1.165) is 37.7 Å². The summed E-state index contributed by atoms with van der Waals surface area (Å²) >= 11 is 0. The highest BCUT2D eigenvalue weighted by Crippen LogP contribution is 2.34. The average Bonchev–Trinajstić information content (AvgIpc) is 2.61. The predicted octanol–water partition coefficient (Wildman–Crippen LogP) is 1.50. The van der Waals surface area contributed by atoms with Gasteiger partial charge in [-0.2, -0.15) is 0 Å². The summed E-state index contributed by atoms with van der Waals surface area (Å²) in [4.78, 5) is 17.0. The van der Waals surface area contributed by atoms with Crippen molar-refractivity contribution in [2.45, 2.75) is 31.8 Å². The van der Waals surface area contributed by atoms with Crippen LogP contribution in [0.3, 0.4) is 0 Å². The highest BCUT2D eigenvalue weighted by atomic mass is 16.5. The molecule has 2 fully saturated rings. The number of ether oxygens (including phenoxy) is 2. The molecule has 1 aromatic carbocycles. The Balaban J connectivity index is 1.66. The number of anilines is 1. The van der Waals surface area contributed by atoms with Crippen LogP contribution in [-0.2, 0) is 9.53 Å². The predicted molar refractivity (Wildman–Crippen MR) is 98.2 cm³/mol. The fourth-order valence-corrected chi connectivity index (χ4v) is 3.76. The zero-order valence-electron chi connectivity index (χ0n) is 15.5. The summed E-state index contributed by atoms with van der Waals surface area (Å²) in [7, 11) is 1.70. The number of para-hydroxylation sites is 2. The number of rotatable bonds is 4. The maximum absolute atomic E-state index is 12.7. The second-order valence-corrected chi connectivity index (χ2v) is 7.38. The number of morpholine rings is 1. The van der Waals surface area contributed by atoms with E-state index in [1.807, 2.05) is 23.1 Å². The van der Waals surface area contributed by atoms with Crippen LogP contribution < -0.4 is 15.0 Å². The zero-order valence-corrected chi connectivity index (χ0v) is 15.5. The monoisotopic (exact) mass is 347 g/mol. The van der Waals surface area contributed by atoms with E-state index >= 15 is 0 Å². The molecular weight excluding hydrogens is 318 g/mol. The fourth-order valence-electron chi connectivity index (χ4n) is 3.76. The first-order valence-electron chi connectivity index (χ1n) is 9.01. The minimum Gasteiger partial charge on any atom is -0.495 e.